The smallest absolute Gasteiger partial charge is 0.262 e. The van der Waals surface area contributed by atoms with E-state index in [9.17, 15) is 13.2 Å². The van der Waals surface area contributed by atoms with Crippen LogP contribution in [0.5, 0.6) is 5.75 Å². The van der Waals surface area contributed by atoms with Crippen LogP contribution in [0.2, 0.25) is 0 Å². The molecule has 1 aliphatic rings. The number of hydrogen-bond acceptors (Lipinski definition) is 5. The molecular formula is C18H20N2O4S. The lowest BCUT2D eigenvalue weighted by molar-refractivity contribution is -0.118. The monoisotopic (exact) mass is 360 g/mol. The van der Waals surface area contributed by atoms with Crippen LogP contribution >= 0.6 is 0 Å². The van der Waals surface area contributed by atoms with Gasteiger partial charge < -0.3 is 10.1 Å². The van der Waals surface area contributed by atoms with Crippen LogP contribution in [0.1, 0.15) is 24.1 Å². The van der Waals surface area contributed by atoms with Gasteiger partial charge in [-0.1, -0.05) is 0 Å². The minimum absolute atomic E-state index is 0.107. The lowest BCUT2D eigenvalue weighted by Crippen LogP contribution is -2.21. The van der Waals surface area contributed by atoms with Crippen molar-refractivity contribution in [1.82, 2.24) is 4.98 Å². The highest BCUT2D eigenvalue weighted by molar-refractivity contribution is 7.90. The Morgan fingerprint density at radius 2 is 1.88 bits per heavy atom. The Labute approximate surface area is 147 Å². The molecule has 25 heavy (non-hydrogen) atoms. The summed E-state index contributed by atoms with van der Waals surface area (Å²) in [5, 5.41) is 2.70. The van der Waals surface area contributed by atoms with Crippen LogP contribution in [0.15, 0.2) is 41.4 Å². The fourth-order valence-electron chi connectivity index (χ4n) is 2.85. The van der Waals surface area contributed by atoms with E-state index in [-0.39, 0.29) is 17.4 Å². The van der Waals surface area contributed by atoms with Crippen LogP contribution in [-0.4, -0.2) is 32.2 Å². The van der Waals surface area contributed by atoms with Crippen LogP contribution in [0, 0.1) is 0 Å². The molecule has 2 aromatic rings. The van der Waals surface area contributed by atoms with Gasteiger partial charge >= 0.3 is 0 Å². The van der Waals surface area contributed by atoms with Crippen molar-refractivity contribution in [3.8, 4) is 5.75 Å². The largest absolute Gasteiger partial charge is 0.483 e. The highest BCUT2D eigenvalue weighted by Crippen LogP contribution is 2.27. The van der Waals surface area contributed by atoms with E-state index in [1.165, 1.54) is 12.1 Å². The summed E-state index contributed by atoms with van der Waals surface area (Å²) >= 11 is 0. The van der Waals surface area contributed by atoms with Crippen LogP contribution in [0.4, 0.5) is 5.69 Å². The molecule has 7 heteroatoms. The molecule has 1 aliphatic carbocycles. The zero-order valence-corrected chi connectivity index (χ0v) is 14.8. The Kier molecular flexibility index (Phi) is 5.03. The zero-order valence-electron chi connectivity index (χ0n) is 14.0. The molecule has 0 aliphatic heterocycles. The first kappa shape index (κ1) is 17.4. The van der Waals surface area contributed by atoms with E-state index in [1.54, 1.807) is 24.4 Å². The molecule has 3 rings (SSSR count). The van der Waals surface area contributed by atoms with E-state index in [0.29, 0.717) is 11.4 Å². The molecule has 0 bridgehead atoms. The van der Waals surface area contributed by atoms with E-state index in [2.05, 4.69) is 10.3 Å². The van der Waals surface area contributed by atoms with E-state index in [0.717, 1.165) is 43.2 Å². The third-order valence-electron chi connectivity index (χ3n) is 4.12. The molecule has 0 spiro atoms. The predicted molar refractivity (Wildman–Crippen MR) is 94.6 cm³/mol. The molecule has 1 heterocycles. The number of nitrogens with one attached hydrogen (secondary N) is 1. The maximum Gasteiger partial charge on any atom is 0.262 e. The van der Waals surface area contributed by atoms with Crippen molar-refractivity contribution in [2.24, 2.45) is 0 Å². The van der Waals surface area contributed by atoms with Gasteiger partial charge in [0.05, 0.1) is 4.90 Å². The van der Waals surface area contributed by atoms with Crippen LogP contribution in [0.25, 0.3) is 0 Å². The maximum absolute atomic E-state index is 12.1. The van der Waals surface area contributed by atoms with Gasteiger partial charge in [0.1, 0.15) is 5.75 Å². The molecule has 0 unspecified atom stereocenters. The second kappa shape index (κ2) is 7.23. The van der Waals surface area contributed by atoms with Gasteiger partial charge in [-0.15, -0.1) is 0 Å². The number of benzene rings is 1. The quantitative estimate of drug-likeness (QED) is 0.885. The topological polar surface area (TPSA) is 85.4 Å². The fourth-order valence-corrected chi connectivity index (χ4v) is 3.48. The minimum atomic E-state index is -3.25. The summed E-state index contributed by atoms with van der Waals surface area (Å²) in [5.41, 5.74) is 2.68. The Hall–Kier alpha value is -2.41. The molecular weight excluding hydrogens is 340 g/mol. The van der Waals surface area contributed by atoms with Crippen LogP contribution in [-0.2, 0) is 27.5 Å². The molecule has 132 valence electrons. The van der Waals surface area contributed by atoms with E-state index in [4.69, 9.17) is 4.74 Å². The van der Waals surface area contributed by atoms with E-state index < -0.39 is 9.84 Å². The first-order valence-electron chi connectivity index (χ1n) is 8.13. The van der Waals surface area contributed by atoms with Gasteiger partial charge in [0, 0.05) is 29.4 Å². The molecule has 0 fully saturated rings. The van der Waals surface area contributed by atoms with E-state index in [1.807, 2.05) is 0 Å². The van der Waals surface area contributed by atoms with Gasteiger partial charge in [0.15, 0.2) is 16.4 Å². The average molecular weight is 360 g/mol. The Morgan fingerprint density at radius 1 is 1.16 bits per heavy atom. The number of amides is 1. The number of carbonyl (C=O) groups excluding carboxylic acids is 1. The van der Waals surface area contributed by atoms with Crippen molar-refractivity contribution in [2.45, 2.75) is 30.6 Å². The molecule has 0 saturated heterocycles. The predicted octanol–water partition coefficient (Wildman–Crippen LogP) is 2.38. The second-order valence-electron chi connectivity index (χ2n) is 6.07. The highest BCUT2D eigenvalue weighted by Gasteiger charge is 2.16. The van der Waals surface area contributed by atoms with Crippen LogP contribution < -0.4 is 10.1 Å². The number of pyridine rings is 1. The van der Waals surface area contributed by atoms with Crippen molar-refractivity contribution >= 4 is 21.4 Å². The van der Waals surface area contributed by atoms with Gasteiger partial charge in [0.25, 0.3) is 5.91 Å². The molecule has 1 amide bonds. The molecule has 1 N–H and O–H groups in total. The zero-order chi connectivity index (χ0) is 17.9. The molecule has 6 nitrogen and oxygen atoms in total. The van der Waals surface area contributed by atoms with E-state index >= 15 is 0 Å². The number of sulfone groups is 1. The van der Waals surface area contributed by atoms with Gasteiger partial charge in [-0.25, -0.2) is 8.42 Å². The highest BCUT2D eigenvalue weighted by atomic mass is 32.2. The summed E-state index contributed by atoms with van der Waals surface area (Å²) in [6.45, 7) is -0.107. The van der Waals surface area contributed by atoms with Crippen molar-refractivity contribution in [3.63, 3.8) is 0 Å². The number of rotatable bonds is 5. The number of carbonyl (C=O) groups is 1. The molecule has 0 atom stereocenters. The lowest BCUT2D eigenvalue weighted by Gasteiger charge is -2.18. The third kappa shape index (κ3) is 4.36. The van der Waals surface area contributed by atoms with Gasteiger partial charge in [-0.2, -0.15) is 0 Å². The van der Waals surface area contributed by atoms with Crippen molar-refractivity contribution < 1.29 is 17.9 Å². The van der Waals surface area contributed by atoms with Crippen molar-refractivity contribution in [3.05, 3.63) is 47.8 Å². The molecule has 0 radical (unpaired) electrons. The number of aromatic nitrogens is 1. The summed E-state index contributed by atoms with van der Waals surface area (Å²) in [4.78, 5) is 16.7. The Morgan fingerprint density at radius 3 is 2.60 bits per heavy atom. The summed E-state index contributed by atoms with van der Waals surface area (Å²) < 4.78 is 28.5. The standard InChI is InChI=1S/C18H20N2O4S/c1-25(22,23)14-8-6-13(7-9-14)20-18(21)12-24-17-10-11-19-16-5-3-2-4-15(16)17/h6-11H,2-5,12H2,1H3,(H,20,21). The van der Waals surface area contributed by atoms with Crippen molar-refractivity contribution in [2.75, 3.05) is 18.2 Å². The normalized spacial score (nSPS) is 13.8. The molecule has 0 saturated carbocycles. The number of anilines is 1. The summed E-state index contributed by atoms with van der Waals surface area (Å²) in [6.07, 6.45) is 6.96. The first-order chi connectivity index (χ1) is 11.9. The fraction of sp³-hybridized carbons (Fsp3) is 0.333. The summed E-state index contributed by atoms with van der Waals surface area (Å²) in [7, 11) is -3.25. The average Bonchev–Trinajstić information content (AvgIpc) is 2.59. The number of nitrogens with zero attached hydrogens (tertiary/aromatic N) is 1. The van der Waals surface area contributed by atoms with Gasteiger partial charge in [-0.3, -0.25) is 9.78 Å². The van der Waals surface area contributed by atoms with Gasteiger partial charge in [-0.05, 0) is 56.0 Å². The minimum Gasteiger partial charge on any atom is -0.483 e. The van der Waals surface area contributed by atoms with Crippen molar-refractivity contribution in [1.29, 1.82) is 0 Å². The first-order valence-corrected chi connectivity index (χ1v) is 10.0. The Balaban J connectivity index is 1.60. The SMILES string of the molecule is CS(=O)(=O)c1ccc(NC(=O)COc2ccnc3c2CCCC3)cc1. The van der Waals surface area contributed by atoms with Gasteiger partial charge in [0.2, 0.25) is 0 Å². The molecule has 1 aromatic heterocycles. The summed E-state index contributed by atoms with van der Waals surface area (Å²) in [6, 6.07) is 7.83. The molecule has 1 aromatic carbocycles. The lowest BCUT2D eigenvalue weighted by atomic mass is 9.95. The number of fused-ring (bicyclic) bond motifs is 1. The number of aryl methyl sites for hydroxylation is 1. The Bertz CT molecular complexity index is 876. The third-order valence-corrected chi connectivity index (χ3v) is 5.25. The van der Waals surface area contributed by atoms with Crippen LogP contribution in [0.3, 0.4) is 0 Å². The number of hydrogen-bond donors (Lipinski definition) is 1. The summed E-state index contributed by atoms with van der Waals surface area (Å²) in [5.74, 6) is 0.417. The maximum atomic E-state index is 12.1. The second-order valence-corrected chi connectivity index (χ2v) is 8.09. The number of ether oxygens (including phenoxy) is 1.